The summed E-state index contributed by atoms with van der Waals surface area (Å²) < 4.78 is 12.6. The minimum atomic E-state index is -0.390. The standard InChI is InChI=1S/C37H32BN3O2/c1-36(2)37(3,4)43-38(42-36)32-22-21-26-17-20-30(23-31(26)24-32)25-15-18-29(19-16-25)35-40-33(27-11-7-5-8-12-27)39-34(41-35)28-13-9-6-10-14-28/h5-24H,1-4H3. The number of hydrogen-bond donors (Lipinski definition) is 0. The van der Waals surface area contributed by atoms with E-state index in [1.807, 2.05) is 60.7 Å². The molecule has 43 heavy (non-hydrogen) atoms. The molecule has 7 rings (SSSR count). The summed E-state index contributed by atoms with van der Waals surface area (Å²) in [6.07, 6.45) is 0. The molecule has 1 aromatic heterocycles. The summed E-state index contributed by atoms with van der Waals surface area (Å²) in [7, 11) is -0.390. The maximum Gasteiger partial charge on any atom is 0.494 e. The van der Waals surface area contributed by atoms with Gasteiger partial charge in [-0.25, -0.2) is 15.0 Å². The van der Waals surface area contributed by atoms with Crippen LogP contribution in [-0.2, 0) is 9.31 Å². The van der Waals surface area contributed by atoms with E-state index in [1.54, 1.807) is 0 Å². The van der Waals surface area contributed by atoms with Crippen molar-refractivity contribution < 1.29 is 9.31 Å². The van der Waals surface area contributed by atoms with Crippen molar-refractivity contribution >= 4 is 23.4 Å². The van der Waals surface area contributed by atoms with Crippen molar-refractivity contribution in [3.63, 3.8) is 0 Å². The molecule has 6 heteroatoms. The van der Waals surface area contributed by atoms with Gasteiger partial charge in [-0.1, -0.05) is 115 Å². The lowest BCUT2D eigenvalue weighted by Gasteiger charge is -2.32. The van der Waals surface area contributed by atoms with E-state index >= 15 is 0 Å². The zero-order chi connectivity index (χ0) is 29.6. The molecule has 0 radical (unpaired) electrons. The number of aromatic nitrogens is 3. The van der Waals surface area contributed by atoms with Crippen molar-refractivity contribution in [1.82, 2.24) is 15.0 Å². The fraction of sp³-hybridized carbons (Fsp3) is 0.162. The first kappa shape index (κ1) is 27.2. The third-order valence-electron chi connectivity index (χ3n) is 8.57. The van der Waals surface area contributed by atoms with Crippen molar-refractivity contribution in [2.45, 2.75) is 38.9 Å². The molecule has 1 saturated heterocycles. The van der Waals surface area contributed by atoms with Crippen LogP contribution in [0.3, 0.4) is 0 Å². The van der Waals surface area contributed by atoms with E-state index in [0.29, 0.717) is 17.5 Å². The van der Waals surface area contributed by atoms with Gasteiger partial charge in [-0.15, -0.1) is 0 Å². The van der Waals surface area contributed by atoms with Gasteiger partial charge in [-0.2, -0.15) is 0 Å². The van der Waals surface area contributed by atoms with Crippen molar-refractivity contribution in [1.29, 1.82) is 0 Å². The summed E-state index contributed by atoms with van der Waals surface area (Å²) in [6.45, 7) is 8.32. The van der Waals surface area contributed by atoms with Gasteiger partial charge in [0.15, 0.2) is 17.5 Å². The summed E-state index contributed by atoms with van der Waals surface area (Å²) in [6, 6.07) is 41.5. The summed E-state index contributed by atoms with van der Waals surface area (Å²) in [5.41, 5.74) is 5.37. The van der Waals surface area contributed by atoms with Gasteiger partial charge in [0, 0.05) is 16.7 Å². The summed E-state index contributed by atoms with van der Waals surface area (Å²) in [4.78, 5) is 14.5. The second-order valence-corrected chi connectivity index (χ2v) is 12.0. The summed E-state index contributed by atoms with van der Waals surface area (Å²) in [5, 5.41) is 2.32. The average molecular weight is 561 g/mol. The Kier molecular flexibility index (Phi) is 6.68. The van der Waals surface area contributed by atoms with Crippen LogP contribution in [0.4, 0.5) is 0 Å². The summed E-state index contributed by atoms with van der Waals surface area (Å²) >= 11 is 0. The molecule has 0 N–H and O–H groups in total. The molecule has 0 atom stereocenters. The third kappa shape index (κ3) is 5.24. The van der Waals surface area contributed by atoms with Crippen LogP contribution in [0.2, 0.25) is 0 Å². The molecule has 1 aliphatic rings. The Balaban J connectivity index is 1.22. The van der Waals surface area contributed by atoms with Crippen molar-refractivity contribution in [2.75, 3.05) is 0 Å². The Hall–Kier alpha value is -4.65. The fourth-order valence-corrected chi connectivity index (χ4v) is 5.32. The molecule has 0 amide bonds. The van der Waals surface area contributed by atoms with Crippen LogP contribution < -0.4 is 5.46 Å². The predicted molar refractivity (Wildman–Crippen MR) is 175 cm³/mol. The number of nitrogens with zero attached hydrogens (tertiary/aromatic N) is 3. The molecule has 2 heterocycles. The van der Waals surface area contributed by atoms with Crippen molar-refractivity contribution in [3.8, 4) is 45.3 Å². The smallest absolute Gasteiger partial charge is 0.399 e. The van der Waals surface area contributed by atoms with Gasteiger partial charge in [0.25, 0.3) is 0 Å². The van der Waals surface area contributed by atoms with E-state index in [-0.39, 0.29) is 18.3 Å². The quantitative estimate of drug-likeness (QED) is 0.200. The molecule has 5 aromatic carbocycles. The molecular weight excluding hydrogens is 529 g/mol. The molecule has 1 aliphatic heterocycles. The largest absolute Gasteiger partial charge is 0.494 e. The van der Waals surface area contributed by atoms with Crippen molar-refractivity contribution in [3.05, 3.63) is 121 Å². The highest BCUT2D eigenvalue weighted by atomic mass is 16.7. The molecule has 5 nitrogen and oxygen atoms in total. The highest BCUT2D eigenvalue weighted by Crippen LogP contribution is 2.37. The minimum absolute atomic E-state index is 0.377. The average Bonchev–Trinajstić information content (AvgIpc) is 3.27. The van der Waals surface area contributed by atoms with E-state index in [9.17, 15) is 0 Å². The Morgan fingerprint density at radius 1 is 0.442 bits per heavy atom. The lowest BCUT2D eigenvalue weighted by Crippen LogP contribution is -2.41. The second kappa shape index (κ2) is 10.6. The topological polar surface area (TPSA) is 57.1 Å². The molecular formula is C37H32BN3O2. The lowest BCUT2D eigenvalue weighted by molar-refractivity contribution is 0.00578. The van der Waals surface area contributed by atoms with Crippen LogP contribution in [0.25, 0.3) is 56.1 Å². The molecule has 6 aromatic rings. The highest BCUT2D eigenvalue weighted by Gasteiger charge is 2.51. The van der Waals surface area contributed by atoms with Crippen LogP contribution in [0.15, 0.2) is 121 Å². The van der Waals surface area contributed by atoms with Crippen LogP contribution in [0.5, 0.6) is 0 Å². The minimum Gasteiger partial charge on any atom is -0.399 e. The first-order chi connectivity index (χ1) is 20.8. The first-order valence-corrected chi connectivity index (χ1v) is 14.6. The third-order valence-corrected chi connectivity index (χ3v) is 8.57. The Morgan fingerprint density at radius 3 is 1.42 bits per heavy atom. The van der Waals surface area contributed by atoms with Crippen LogP contribution in [-0.4, -0.2) is 33.3 Å². The van der Waals surface area contributed by atoms with E-state index in [1.165, 1.54) is 5.39 Å². The Morgan fingerprint density at radius 2 is 0.884 bits per heavy atom. The van der Waals surface area contributed by atoms with Gasteiger partial charge in [0.2, 0.25) is 0 Å². The lowest BCUT2D eigenvalue weighted by atomic mass is 9.78. The van der Waals surface area contributed by atoms with E-state index in [0.717, 1.165) is 38.7 Å². The monoisotopic (exact) mass is 561 g/mol. The molecule has 0 unspecified atom stereocenters. The zero-order valence-corrected chi connectivity index (χ0v) is 24.8. The molecule has 210 valence electrons. The van der Waals surface area contributed by atoms with Crippen LogP contribution in [0, 0.1) is 0 Å². The summed E-state index contributed by atoms with van der Waals surface area (Å²) in [5.74, 6) is 1.95. The first-order valence-electron chi connectivity index (χ1n) is 14.6. The molecule has 0 saturated carbocycles. The molecule has 0 aliphatic carbocycles. The number of fused-ring (bicyclic) bond motifs is 1. The molecule has 1 fully saturated rings. The van der Waals surface area contributed by atoms with Gasteiger partial charge in [-0.05, 0) is 61.1 Å². The van der Waals surface area contributed by atoms with Gasteiger partial charge in [0.05, 0.1) is 11.2 Å². The van der Waals surface area contributed by atoms with Crippen LogP contribution >= 0.6 is 0 Å². The van der Waals surface area contributed by atoms with Gasteiger partial charge < -0.3 is 9.31 Å². The maximum atomic E-state index is 6.30. The normalized spacial score (nSPS) is 15.6. The van der Waals surface area contributed by atoms with E-state index in [2.05, 4.69) is 88.4 Å². The highest BCUT2D eigenvalue weighted by molar-refractivity contribution is 6.62. The Labute approximate surface area is 252 Å². The van der Waals surface area contributed by atoms with E-state index < -0.39 is 0 Å². The van der Waals surface area contributed by atoms with Gasteiger partial charge in [-0.3, -0.25) is 0 Å². The maximum absolute atomic E-state index is 6.30. The van der Waals surface area contributed by atoms with Crippen molar-refractivity contribution in [2.24, 2.45) is 0 Å². The fourth-order valence-electron chi connectivity index (χ4n) is 5.32. The van der Waals surface area contributed by atoms with E-state index in [4.69, 9.17) is 24.3 Å². The van der Waals surface area contributed by atoms with Crippen LogP contribution in [0.1, 0.15) is 27.7 Å². The SMILES string of the molecule is CC1(C)OB(c2ccc3ccc(-c4ccc(-c5nc(-c6ccccc6)nc(-c6ccccc6)n5)cc4)cc3c2)OC1(C)C. The number of rotatable bonds is 5. The number of hydrogen-bond acceptors (Lipinski definition) is 5. The number of benzene rings is 5. The van der Waals surface area contributed by atoms with Gasteiger partial charge in [0.1, 0.15) is 0 Å². The zero-order valence-electron chi connectivity index (χ0n) is 24.8. The van der Waals surface area contributed by atoms with Gasteiger partial charge >= 0.3 is 7.12 Å². The predicted octanol–water partition coefficient (Wildman–Crippen LogP) is 7.99. The Bertz CT molecular complexity index is 1850. The molecule has 0 spiro atoms. The molecule has 0 bridgehead atoms. The second-order valence-electron chi connectivity index (χ2n) is 12.0.